The topological polar surface area (TPSA) is 66.6 Å². The van der Waals surface area contributed by atoms with Gasteiger partial charge in [0.1, 0.15) is 0 Å². The van der Waals surface area contributed by atoms with E-state index in [1.54, 1.807) is 12.1 Å². The minimum atomic E-state index is -0.388. The Bertz CT molecular complexity index is 391. The largest absolute Gasteiger partial charge is 0.392 e. The third kappa shape index (κ3) is 3.25. The number of aliphatic hydroxyl groups is 1. The van der Waals surface area contributed by atoms with Gasteiger partial charge in [0.05, 0.1) is 11.0 Å². The van der Waals surface area contributed by atoms with Crippen LogP contribution in [0.1, 0.15) is 12.0 Å². The van der Waals surface area contributed by atoms with Gasteiger partial charge in [-0.2, -0.15) is 0 Å². The average molecular weight is 236 g/mol. The zero-order valence-electron chi connectivity index (χ0n) is 9.58. The molecule has 0 aliphatic carbocycles. The first-order valence-corrected chi connectivity index (χ1v) is 5.79. The number of nitro groups is 1. The number of aliphatic hydroxyl groups excluding tert-OH is 1. The molecule has 1 atom stereocenters. The third-order valence-corrected chi connectivity index (χ3v) is 3.11. The van der Waals surface area contributed by atoms with Crippen molar-refractivity contribution in [3.63, 3.8) is 0 Å². The Hall–Kier alpha value is -1.46. The van der Waals surface area contributed by atoms with Crippen molar-refractivity contribution >= 4 is 5.69 Å². The van der Waals surface area contributed by atoms with Crippen molar-refractivity contribution in [2.45, 2.75) is 18.9 Å². The van der Waals surface area contributed by atoms with Crippen molar-refractivity contribution in [3.8, 4) is 0 Å². The summed E-state index contributed by atoms with van der Waals surface area (Å²) in [7, 11) is 0. The highest BCUT2D eigenvalue weighted by Crippen LogP contribution is 2.14. The van der Waals surface area contributed by atoms with Gasteiger partial charge in [0.2, 0.25) is 0 Å². The van der Waals surface area contributed by atoms with Crippen molar-refractivity contribution in [2.75, 3.05) is 19.6 Å². The monoisotopic (exact) mass is 236 g/mol. The third-order valence-electron chi connectivity index (χ3n) is 3.11. The summed E-state index contributed by atoms with van der Waals surface area (Å²) in [4.78, 5) is 12.3. The Labute approximate surface area is 99.8 Å². The van der Waals surface area contributed by atoms with Gasteiger partial charge in [-0.25, -0.2) is 0 Å². The molecule has 2 rings (SSSR count). The molecule has 0 saturated carbocycles. The molecule has 1 aromatic carbocycles. The predicted molar refractivity (Wildman–Crippen MR) is 63.9 cm³/mol. The van der Waals surface area contributed by atoms with Gasteiger partial charge in [-0.1, -0.05) is 12.1 Å². The zero-order chi connectivity index (χ0) is 12.3. The van der Waals surface area contributed by atoms with Crippen LogP contribution in [0.2, 0.25) is 0 Å². The Morgan fingerprint density at radius 2 is 2.12 bits per heavy atom. The maximum atomic E-state index is 10.5. The average Bonchev–Trinajstić information content (AvgIpc) is 2.73. The van der Waals surface area contributed by atoms with E-state index in [0.29, 0.717) is 0 Å². The fourth-order valence-electron chi connectivity index (χ4n) is 2.09. The number of nitrogens with zero attached hydrogens (tertiary/aromatic N) is 2. The number of rotatable bonds is 4. The quantitative estimate of drug-likeness (QED) is 0.630. The first-order chi connectivity index (χ1) is 8.15. The zero-order valence-corrected chi connectivity index (χ0v) is 9.58. The molecule has 0 bridgehead atoms. The van der Waals surface area contributed by atoms with Gasteiger partial charge < -0.3 is 10.0 Å². The molecule has 5 nitrogen and oxygen atoms in total. The summed E-state index contributed by atoms with van der Waals surface area (Å²) in [6.45, 7) is 2.58. The van der Waals surface area contributed by atoms with E-state index in [-0.39, 0.29) is 16.7 Å². The molecule has 0 aromatic heterocycles. The number of β-amino-alcohol motifs (C(OH)–C–C–N with tert-alkyl or cyclic N) is 1. The molecule has 0 amide bonds. The van der Waals surface area contributed by atoms with Gasteiger partial charge in [-0.3, -0.25) is 10.1 Å². The Morgan fingerprint density at radius 1 is 1.41 bits per heavy atom. The van der Waals surface area contributed by atoms with E-state index in [1.807, 2.05) is 0 Å². The van der Waals surface area contributed by atoms with E-state index in [2.05, 4.69) is 4.90 Å². The molecule has 1 saturated heterocycles. The number of nitro benzene ring substituents is 1. The molecule has 17 heavy (non-hydrogen) atoms. The van der Waals surface area contributed by atoms with Crippen LogP contribution in [0.15, 0.2) is 24.3 Å². The van der Waals surface area contributed by atoms with Crippen LogP contribution < -0.4 is 0 Å². The van der Waals surface area contributed by atoms with Gasteiger partial charge in [-0.05, 0) is 18.4 Å². The lowest BCUT2D eigenvalue weighted by molar-refractivity contribution is -0.384. The maximum Gasteiger partial charge on any atom is 0.269 e. The van der Waals surface area contributed by atoms with E-state index in [0.717, 1.165) is 38.0 Å². The highest BCUT2D eigenvalue weighted by atomic mass is 16.6. The molecular formula is C12H16N2O3. The summed E-state index contributed by atoms with van der Waals surface area (Å²) in [6, 6.07) is 6.66. The van der Waals surface area contributed by atoms with E-state index in [9.17, 15) is 15.2 Å². The predicted octanol–water partition coefficient (Wildman–Crippen LogP) is 1.20. The van der Waals surface area contributed by atoms with Crippen LogP contribution >= 0.6 is 0 Å². The molecule has 1 aliphatic rings. The minimum absolute atomic E-state index is 0.130. The lowest BCUT2D eigenvalue weighted by Crippen LogP contribution is -2.24. The van der Waals surface area contributed by atoms with Gasteiger partial charge >= 0.3 is 0 Å². The highest BCUT2D eigenvalue weighted by molar-refractivity contribution is 5.32. The molecule has 1 fully saturated rings. The molecule has 0 radical (unpaired) electrons. The Morgan fingerprint density at radius 3 is 2.65 bits per heavy atom. The first-order valence-electron chi connectivity index (χ1n) is 5.79. The van der Waals surface area contributed by atoms with Crippen LogP contribution in [0.5, 0.6) is 0 Å². The SMILES string of the molecule is O=[N+]([O-])c1ccc(CCN2CCC(O)C2)cc1. The summed E-state index contributed by atoms with van der Waals surface area (Å²) in [5, 5.41) is 19.9. The van der Waals surface area contributed by atoms with Crippen molar-refractivity contribution in [3.05, 3.63) is 39.9 Å². The molecule has 1 N–H and O–H groups in total. The summed E-state index contributed by atoms with van der Waals surface area (Å²) in [5.41, 5.74) is 1.22. The second kappa shape index (κ2) is 5.25. The number of benzene rings is 1. The number of likely N-dealkylation sites (tertiary alicyclic amines) is 1. The first kappa shape index (κ1) is 12.0. The summed E-state index contributed by atoms with van der Waals surface area (Å²) >= 11 is 0. The normalized spacial score (nSPS) is 20.6. The van der Waals surface area contributed by atoms with Crippen LogP contribution in [-0.4, -0.2) is 40.7 Å². The van der Waals surface area contributed by atoms with E-state index >= 15 is 0 Å². The van der Waals surface area contributed by atoms with Crippen molar-refractivity contribution in [1.82, 2.24) is 4.90 Å². The van der Waals surface area contributed by atoms with Crippen molar-refractivity contribution < 1.29 is 10.0 Å². The van der Waals surface area contributed by atoms with Crippen LogP contribution in [0, 0.1) is 10.1 Å². The highest BCUT2D eigenvalue weighted by Gasteiger charge is 2.19. The van der Waals surface area contributed by atoms with Gasteiger partial charge in [0.15, 0.2) is 0 Å². The van der Waals surface area contributed by atoms with Crippen LogP contribution in [0.3, 0.4) is 0 Å². The second-order valence-corrected chi connectivity index (χ2v) is 4.42. The number of hydrogen-bond donors (Lipinski definition) is 1. The van der Waals surface area contributed by atoms with Crippen LogP contribution in [0.4, 0.5) is 5.69 Å². The summed E-state index contributed by atoms with van der Waals surface area (Å²) in [5.74, 6) is 0. The molecule has 92 valence electrons. The molecule has 1 unspecified atom stereocenters. The molecule has 5 heteroatoms. The lowest BCUT2D eigenvalue weighted by Gasteiger charge is -2.14. The fraction of sp³-hybridized carbons (Fsp3) is 0.500. The Kier molecular flexibility index (Phi) is 3.71. The molecular weight excluding hydrogens is 220 g/mol. The molecule has 1 aliphatic heterocycles. The minimum Gasteiger partial charge on any atom is -0.392 e. The van der Waals surface area contributed by atoms with Gasteiger partial charge in [0, 0.05) is 31.8 Å². The molecule has 1 aromatic rings. The van der Waals surface area contributed by atoms with Crippen LogP contribution in [-0.2, 0) is 6.42 Å². The number of non-ortho nitro benzene ring substituents is 1. The fourth-order valence-corrected chi connectivity index (χ4v) is 2.09. The smallest absolute Gasteiger partial charge is 0.269 e. The van der Waals surface area contributed by atoms with Gasteiger partial charge in [-0.15, -0.1) is 0 Å². The standard InChI is InChI=1S/C12H16N2O3/c15-12-6-8-13(9-12)7-5-10-1-3-11(4-2-10)14(16)17/h1-4,12,15H,5-9H2. The van der Waals surface area contributed by atoms with Gasteiger partial charge in [0.25, 0.3) is 5.69 Å². The van der Waals surface area contributed by atoms with E-state index < -0.39 is 0 Å². The van der Waals surface area contributed by atoms with E-state index in [4.69, 9.17) is 0 Å². The summed E-state index contributed by atoms with van der Waals surface area (Å²) in [6.07, 6.45) is 1.53. The molecule has 1 heterocycles. The number of hydrogen-bond acceptors (Lipinski definition) is 4. The van der Waals surface area contributed by atoms with E-state index in [1.165, 1.54) is 12.1 Å². The Balaban J connectivity index is 1.85. The second-order valence-electron chi connectivity index (χ2n) is 4.42. The maximum absolute atomic E-state index is 10.5. The van der Waals surface area contributed by atoms with Crippen LogP contribution in [0.25, 0.3) is 0 Å². The van der Waals surface area contributed by atoms with Crippen molar-refractivity contribution in [2.24, 2.45) is 0 Å². The molecule has 0 spiro atoms. The van der Waals surface area contributed by atoms with Crippen molar-refractivity contribution in [1.29, 1.82) is 0 Å². The summed E-state index contributed by atoms with van der Waals surface area (Å²) < 4.78 is 0. The lowest BCUT2D eigenvalue weighted by atomic mass is 10.1.